The predicted octanol–water partition coefficient (Wildman–Crippen LogP) is 3.69. The number of para-hydroxylation sites is 1. The second-order valence-electron chi connectivity index (χ2n) is 8.75. The Hall–Kier alpha value is -3.18. The number of rotatable bonds is 5. The number of nitrogens with one attached hydrogen (secondary N) is 3. The van der Waals surface area contributed by atoms with Crippen LogP contribution in [-0.2, 0) is 0 Å². The molecule has 0 aliphatic carbocycles. The summed E-state index contributed by atoms with van der Waals surface area (Å²) >= 11 is 0. The molecule has 0 saturated heterocycles. The fraction of sp³-hybridized carbons (Fsp3) is 0.308. The lowest BCUT2D eigenvalue weighted by Gasteiger charge is -2.06. The van der Waals surface area contributed by atoms with Crippen molar-refractivity contribution in [3.8, 4) is 5.75 Å². The summed E-state index contributed by atoms with van der Waals surface area (Å²) in [4.78, 5) is 12.8. The van der Waals surface area contributed by atoms with Crippen LogP contribution in [0.5, 0.6) is 5.75 Å². The molecule has 3 heterocycles. The lowest BCUT2D eigenvalue weighted by molar-refractivity contribution is 0.240. The molecule has 0 bridgehead atoms. The van der Waals surface area contributed by atoms with Crippen LogP contribution in [-0.4, -0.2) is 46.6 Å². The van der Waals surface area contributed by atoms with Gasteiger partial charge in [-0.05, 0) is 65.6 Å². The van der Waals surface area contributed by atoms with E-state index in [2.05, 4.69) is 110 Å². The standard InChI is InChI=1S/C26H32N4O/c1-16(2)31-25-15-24(28-23(25)14-22-17(3)13-18(4)27-22)26-20(11-12-30(5)6)19-9-7-8-10-21(19)29-26/h7-11,13-16,27-29H,12H2,1-6H3/b20-11?,23-14?,26-24-. The summed E-state index contributed by atoms with van der Waals surface area (Å²) in [5.74, 6) is 0.855. The number of hydrogen-bond donors (Lipinski definition) is 3. The van der Waals surface area contributed by atoms with Crippen LogP contribution in [0.4, 0.5) is 0 Å². The number of H-pyrrole nitrogens is 3. The average Bonchev–Trinajstić information content (AvgIpc) is 3.35. The summed E-state index contributed by atoms with van der Waals surface area (Å²) in [7, 11) is 4.17. The fourth-order valence-electron chi connectivity index (χ4n) is 3.95. The van der Waals surface area contributed by atoms with Crippen molar-refractivity contribution in [3.63, 3.8) is 0 Å². The molecule has 5 nitrogen and oxygen atoms in total. The van der Waals surface area contributed by atoms with Gasteiger partial charge >= 0.3 is 0 Å². The van der Waals surface area contributed by atoms with E-state index in [9.17, 15) is 0 Å². The van der Waals surface area contributed by atoms with Crippen LogP contribution >= 0.6 is 0 Å². The average molecular weight is 417 g/mol. The first-order valence-corrected chi connectivity index (χ1v) is 10.8. The topological polar surface area (TPSA) is 59.8 Å². The van der Waals surface area contributed by atoms with Crippen LogP contribution < -0.4 is 15.3 Å². The first-order valence-electron chi connectivity index (χ1n) is 10.8. The first kappa shape index (κ1) is 21.1. The van der Waals surface area contributed by atoms with Gasteiger partial charge in [0.15, 0.2) is 0 Å². The zero-order chi connectivity index (χ0) is 22.1. The largest absolute Gasteiger partial charge is 0.489 e. The number of aromatic amines is 3. The Bertz CT molecular complexity index is 1420. The molecule has 3 N–H and O–H groups in total. The van der Waals surface area contributed by atoms with E-state index in [1.807, 2.05) is 0 Å². The minimum atomic E-state index is 0.0877. The highest BCUT2D eigenvalue weighted by Crippen LogP contribution is 2.13. The quantitative estimate of drug-likeness (QED) is 0.465. The lowest BCUT2D eigenvalue weighted by Crippen LogP contribution is -2.14. The molecule has 0 aliphatic heterocycles. The van der Waals surface area contributed by atoms with Crippen LogP contribution in [0.1, 0.15) is 30.8 Å². The van der Waals surface area contributed by atoms with Crippen LogP contribution in [0.2, 0.25) is 0 Å². The number of benzene rings is 1. The number of aromatic nitrogens is 3. The van der Waals surface area contributed by atoms with E-state index in [-0.39, 0.29) is 6.10 Å². The second-order valence-corrected chi connectivity index (χ2v) is 8.75. The fourth-order valence-corrected chi connectivity index (χ4v) is 3.95. The maximum atomic E-state index is 6.17. The van der Waals surface area contributed by atoms with Gasteiger partial charge < -0.3 is 24.6 Å². The SMILES string of the molecule is Cc1cc(C)c(C=c2[nH]/c(=c3\[nH]c4ccccc4c3=CCN(C)C)cc2OC(C)C)[nH]1. The number of hydrogen-bond acceptors (Lipinski definition) is 2. The summed E-state index contributed by atoms with van der Waals surface area (Å²) in [6, 6.07) is 12.7. The molecule has 0 atom stereocenters. The maximum absolute atomic E-state index is 6.17. The minimum absolute atomic E-state index is 0.0877. The van der Waals surface area contributed by atoms with E-state index in [1.54, 1.807) is 0 Å². The summed E-state index contributed by atoms with van der Waals surface area (Å²) < 4.78 is 6.17. The Labute approximate surface area is 182 Å². The van der Waals surface area contributed by atoms with Crippen molar-refractivity contribution in [2.45, 2.75) is 33.8 Å². The van der Waals surface area contributed by atoms with Gasteiger partial charge in [0.25, 0.3) is 0 Å². The van der Waals surface area contributed by atoms with Gasteiger partial charge in [0.05, 0.1) is 22.2 Å². The van der Waals surface area contributed by atoms with E-state index in [4.69, 9.17) is 4.74 Å². The van der Waals surface area contributed by atoms with Crippen LogP contribution in [0.3, 0.4) is 0 Å². The molecule has 0 amide bonds. The summed E-state index contributed by atoms with van der Waals surface area (Å²) in [6.07, 6.45) is 4.50. The van der Waals surface area contributed by atoms with Crippen molar-refractivity contribution in [3.05, 3.63) is 74.6 Å². The van der Waals surface area contributed by atoms with Crippen molar-refractivity contribution in [2.75, 3.05) is 20.6 Å². The normalized spacial score (nSPS) is 14.5. The van der Waals surface area contributed by atoms with Crippen molar-refractivity contribution >= 4 is 23.1 Å². The molecule has 1 aromatic carbocycles. The highest BCUT2D eigenvalue weighted by atomic mass is 16.5. The predicted molar refractivity (Wildman–Crippen MR) is 129 cm³/mol. The molecule has 0 saturated carbocycles. The molecule has 31 heavy (non-hydrogen) atoms. The number of ether oxygens (including phenoxy) is 1. The summed E-state index contributed by atoms with van der Waals surface area (Å²) in [5.41, 5.74) is 4.59. The zero-order valence-corrected chi connectivity index (χ0v) is 19.3. The van der Waals surface area contributed by atoms with Crippen LogP contribution in [0.15, 0.2) is 36.4 Å². The number of nitrogens with zero attached hydrogens (tertiary/aromatic N) is 1. The first-order chi connectivity index (χ1) is 14.8. The lowest BCUT2D eigenvalue weighted by atomic mass is 10.2. The van der Waals surface area contributed by atoms with Gasteiger partial charge in [-0.15, -0.1) is 0 Å². The van der Waals surface area contributed by atoms with Crippen molar-refractivity contribution in [1.82, 2.24) is 19.9 Å². The van der Waals surface area contributed by atoms with Gasteiger partial charge in [-0.1, -0.05) is 24.3 Å². The van der Waals surface area contributed by atoms with Gasteiger partial charge in [0, 0.05) is 40.1 Å². The third-order valence-corrected chi connectivity index (χ3v) is 5.33. The molecule has 5 heteroatoms. The molecule has 0 radical (unpaired) electrons. The van der Waals surface area contributed by atoms with E-state index in [0.29, 0.717) is 0 Å². The Morgan fingerprint density at radius 2 is 1.81 bits per heavy atom. The highest BCUT2D eigenvalue weighted by molar-refractivity contribution is 5.81. The highest BCUT2D eigenvalue weighted by Gasteiger charge is 2.07. The minimum Gasteiger partial charge on any atom is -0.489 e. The number of fused-ring (bicyclic) bond motifs is 1. The van der Waals surface area contributed by atoms with E-state index < -0.39 is 0 Å². The molecule has 0 spiro atoms. The van der Waals surface area contributed by atoms with Crippen LogP contribution in [0.25, 0.3) is 23.1 Å². The molecular formula is C26H32N4O. The van der Waals surface area contributed by atoms with Gasteiger partial charge in [0.1, 0.15) is 5.75 Å². The molecule has 3 aromatic heterocycles. The summed E-state index contributed by atoms with van der Waals surface area (Å²) in [5, 5.41) is 5.49. The van der Waals surface area contributed by atoms with Crippen molar-refractivity contribution in [1.29, 1.82) is 0 Å². The third kappa shape index (κ3) is 4.47. The van der Waals surface area contributed by atoms with Crippen LogP contribution in [0, 0.1) is 24.5 Å². The summed E-state index contributed by atoms with van der Waals surface area (Å²) in [6.45, 7) is 9.17. The molecule has 0 fully saturated rings. The maximum Gasteiger partial charge on any atom is 0.145 e. The Balaban J connectivity index is 2.06. The Morgan fingerprint density at radius 3 is 2.48 bits per heavy atom. The van der Waals surface area contributed by atoms with Gasteiger partial charge in [0.2, 0.25) is 0 Å². The smallest absolute Gasteiger partial charge is 0.145 e. The van der Waals surface area contributed by atoms with E-state index in [1.165, 1.54) is 16.2 Å². The Kier molecular flexibility index (Phi) is 5.79. The molecule has 162 valence electrons. The molecular weight excluding hydrogens is 384 g/mol. The van der Waals surface area contributed by atoms with E-state index >= 15 is 0 Å². The molecule has 4 aromatic rings. The van der Waals surface area contributed by atoms with Crippen molar-refractivity contribution < 1.29 is 4.74 Å². The monoisotopic (exact) mass is 416 g/mol. The second kappa shape index (κ2) is 8.52. The zero-order valence-electron chi connectivity index (χ0n) is 19.3. The van der Waals surface area contributed by atoms with E-state index in [0.717, 1.165) is 45.2 Å². The van der Waals surface area contributed by atoms with Crippen molar-refractivity contribution in [2.24, 2.45) is 0 Å². The number of aryl methyl sites for hydroxylation is 2. The molecule has 0 aliphatic rings. The van der Waals surface area contributed by atoms with Gasteiger partial charge in [-0.2, -0.15) is 0 Å². The molecule has 4 rings (SSSR count). The third-order valence-electron chi connectivity index (χ3n) is 5.33. The van der Waals surface area contributed by atoms with Gasteiger partial charge in [-0.3, -0.25) is 0 Å². The molecule has 0 unspecified atom stereocenters. The van der Waals surface area contributed by atoms with Gasteiger partial charge in [-0.25, -0.2) is 0 Å². The Morgan fingerprint density at radius 1 is 1.03 bits per heavy atom.